The van der Waals surface area contributed by atoms with Gasteiger partial charge in [-0.3, -0.25) is 0 Å². The van der Waals surface area contributed by atoms with E-state index in [0.29, 0.717) is 5.92 Å². The lowest BCUT2D eigenvalue weighted by Gasteiger charge is -2.42. The Bertz CT molecular complexity index is 528. The van der Waals surface area contributed by atoms with Crippen LogP contribution < -0.4 is 5.19 Å². The van der Waals surface area contributed by atoms with Crippen molar-refractivity contribution in [2.45, 2.75) is 85.1 Å². The van der Waals surface area contributed by atoms with Gasteiger partial charge in [0.1, 0.15) is 0 Å². The second kappa shape index (κ2) is 8.55. The fourth-order valence-corrected chi connectivity index (χ4v) is 16.0. The monoisotopic (exact) mass is 428 g/mol. The van der Waals surface area contributed by atoms with E-state index in [1.54, 1.807) is 0 Å². The second-order valence-electron chi connectivity index (χ2n) is 10.1. The summed E-state index contributed by atoms with van der Waals surface area (Å²) in [6, 6.07) is 8.88. The Morgan fingerprint density at radius 2 is 1.04 bits per heavy atom. The maximum atomic E-state index is 6.79. The van der Waals surface area contributed by atoms with Crippen LogP contribution in [0.2, 0.25) is 58.9 Å². The van der Waals surface area contributed by atoms with Crippen LogP contribution in [0, 0.1) is 0 Å². The van der Waals surface area contributed by atoms with E-state index in [-0.39, 0.29) is 0 Å². The molecule has 0 bridgehead atoms. The topological polar surface area (TPSA) is 27.7 Å². The molecule has 0 aromatic heterocycles. The lowest BCUT2D eigenvalue weighted by atomic mass is 9.99. The van der Waals surface area contributed by atoms with Crippen molar-refractivity contribution in [2.24, 2.45) is 0 Å². The molecule has 1 aromatic rings. The Morgan fingerprint density at radius 1 is 0.692 bits per heavy atom. The summed E-state index contributed by atoms with van der Waals surface area (Å²) in [6.45, 7) is 24.5. The lowest BCUT2D eigenvalue weighted by molar-refractivity contribution is 0.273. The molecule has 0 spiro atoms. The average molecular weight is 429 g/mol. The molecule has 1 unspecified atom stereocenters. The molecule has 0 aliphatic carbocycles. The first-order valence-corrected chi connectivity index (χ1v) is 21.7. The smallest absolute Gasteiger partial charge is 0.414 e. The van der Waals surface area contributed by atoms with Gasteiger partial charge in [0.2, 0.25) is 0 Å². The van der Waals surface area contributed by atoms with Gasteiger partial charge >= 0.3 is 8.80 Å². The standard InChI is InChI=1S/C19H40O3Si4/c1-12-17(2)18-13-15-19(16-14-18)26(20-23(3,4)5,21-24(6,7)8)22-25(9,10)11/h13-17H,12H2,1-11H3. The minimum absolute atomic E-state index is 0.564. The van der Waals surface area contributed by atoms with Gasteiger partial charge in [-0.1, -0.05) is 38.1 Å². The van der Waals surface area contributed by atoms with E-state index in [2.05, 4.69) is 97.0 Å². The first kappa shape index (κ1) is 24.0. The third-order valence-corrected chi connectivity index (χ3v) is 15.4. The molecule has 0 radical (unpaired) electrons. The number of hydrogen-bond donors (Lipinski definition) is 0. The molecule has 26 heavy (non-hydrogen) atoms. The van der Waals surface area contributed by atoms with Crippen molar-refractivity contribution >= 4 is 38.9 Å². The molecule has 0 heterocycles. The van der Waals surface area contributed by atoms with Gasteiger partial charge in [0.15, 0.2) is 25.0 Å². The van der Waals surface area contributed by atoms with E-state index in [1.807, 2.05) is 0 Å². The van der Waals surface area contributed by atoms with Crippen molar-refractivity contribution in [1.29, 1.82) is 0 Å². The summed E-state index contributed by atoms with van der Waals surface area (Å²) in [5.74, 6) is 0.564. The fourth-order valence-electron chi connectivity index (χ4n) is 2.70. The summed E-state index contributed by atoms with van der Waals surface area (Å²) in [5.41, 5.74) is 1.37. The van der Waals surface area contributed by atoms with Crippen LogP contribution in [-0.2, 0) is 12.3 Å². The maximum Gasteiger partial charge on any atom is 0.505 e. The van der Waals surface area contributed by atoms with E-state index in [9.17, 15) is 0 Å². The molecule has 0 aliphatic rings. The van der Waals surface area contributed by atoms with Gasteiger partial charge in [-0.15, -0.1) is 0 Å². The van der Waals surface area contributed by atoms with E-state index in [0.717, 1.165) is 11.6 Å². The Balaban J connectivity index is 3.48. The molecule has 0 saturated heterocycles. The van der Waals surface area contributed by atoms with Gasteiger partial charge in [0.25, 0.3) is 0 Å². The minimum Gasteiger partial charge on any atom is -0.414 e. The molecular weight excluding hydrogens is 389 g/mol. The van der Waals surface area contributed by atoms with Crippen LogP contribution in [0.1, 0.15) is 31.7 Å². The molecule has 0 fully saturated rings. The van der Waals surface area contributed by atoms with Crippen LogP contribution in [0.5, 0.6) is 0 Å². The number of rotatable bonds is 9. The number of benzene rings is 1. The third-order valence-electron chi connectivity index (χ3n) is 3.77. The SMILES string of the molecule is CCC(C)c1ccc([Si](O[Si](C)(C)C)(O[Si](C)(C)C)O[Si](C)(C)C)cc1. The highest BCUT2D eigenvalue weighted by Gasteiger charge is 2.51. The number of hydrogen-bond acceptors (Lipinski definition) is 3. The molecule has 3 nitrogen and oxygen atoms in total. The molecule has 1 aromatic carbocycles. The molecule has 0 saturated carbocycles. The van der Waals surface area contributed by atoms with Crippen LogP contribution >= 0.6 is 0 Å². The van der Waals surface area contributed by atoms with Crippen molar-refractivity contribution in [3.05, 3.63) is 29.8 Å². The predicted molar refractivity (Wildman–Crippen MR) is 124 cm³/mol. The van der Waals surface area contributed by atoms with Crippen LogP contribution in [0.3, 0.4) is 0 Å². The van der Waals surface area contributed by atoms with Gasteiger partial charge in [0.05, 0.1) is 0 Å². The summed E-state index contributed by atoms with van der Waals surface area (Å²) >= 11 is 0. The third kappa shape index (κ3) is 7.91. The molecular formula is C19H40O3Si4. The first-order valence-electron chi connectivity index (χ1n) is 9.78. The summed E-state index contributed by atoms with van der Waals surface area (Å²) < 4.78 is 20.4. The largest absolute Gasteiger partial charge is 0.505 e. The zero-order valence-electron chi connectivity index (χ0n) is 18.8. The first-order chi connectivity index (χ1) is 11.6. The summed E-state index contributed by atoms with van der Waals surface area (Å²) in [6.07, 6.45) is 1.14. The van der Waals surface area contributed by atoms with Crippen LogP contribution in [0.15, 0.2) is 24.3 Å². The van der Waals surface area contributed by atoms with E-state index >= 15 is 0 Å². The molecule has 0 aliphatic heterocycles. The van der Waals surface area contributed by atoms with Gasteiger partial charge in [-0.2, -0.15) is 0 Å². The van der Waals surface area contributed by atoms with Gasteiger partial charge in [0, 0.05) is 5.19 Å². The summed E-state index contributed by atoms with van der Waals surface area (Å²) in [5, 5.41) is 1.12. The highest BCUT2D eigenvalue weighted by Crippen LogP contribution is 2.26. The van der Waals surface area contributed by atoms with Crippen molar-refractivity contribution in [1.82, 2.24) is 0 Å². The molecule has 1 rings (SSSR count). The molecule has 0 amide bonds. The Morgan fingerprint density at radius 3 is 1.31 bits per heavy atom. The van der Waals surface area contributed by atoms with E-state index in [1.165, 1.54) is 5.56 Å². The summed E-state index contributed by atoms with van der Waals surface area (Å²) in [4.78, 5) is 0. The zero-order chi connectivity index (χ0) is 20.4. The van der Waals surface area contributed by atoms with Gasteiger partial charge in [-0.05, 0) is 76.8 Å². The van der Waals surface area contributed by atoms with Crippen LogP contribution in [0.25, 0.3) is 0 Å². The zero-order valence-corrected chi connectivity index (χ0v) is 22.8. The Hall–Kier alpha value is -0.0325. The molecule has 1 atom stereocenters. The van der Waals surface area contributed by atoms with Crippen molar-refractivity contribution in [3.8, 4) is 0 Å². The van der Waals surface area contributed by atoms with E-state index < -0.39 is 33.8 Å². The predicted octanol–water partition coefficient (Wildman–Crippen LogP) is 5.90. The van der Waals surface area contributed by atoms with Crippen molar-refractivity contribution in [2.75, 3.05) is 0 Å². The normalized spacial score (nSPS) is 15.2. The summed E-state index contributed by atoms with van der Waals surface area (Å²) in [7, 11) is -8.54. The average Bonchev–Trinajstić information content (AvgIpc) is 2.41. The fraction of sp³-hybridized carbons (Fsp3) is 0.684. The molecule has 0 N–H and O–H groups in total. The Kier molecular flexibility index (Phi) is 7.89. The molecule has 150 valence electrons. The van der Waals surface area contributed by atoms with Crippen LogP contribution in [-0.4, -0.2) is 33.8 Å². The minimum atomic E-state index is -2.96. The van der Waals surface area contributed by atoms with Gasteiger partial charge < -0.3 is 12.3 Å². The molecule has 7 heteroatoms. The van der Waals surface area contributed by atoms with Crippen LogP contribution in [0.4, 0.5) is 0 Å². The highest BCUT2D eigenvalue weighted by atomic mass is 28.5. The maximum absolute atomic E-state index is 6.79. The Labute approximate surface area is 166 Å². The highest BCUT2D eigenvalue weighted by molar-refractivity contribution is 6.95. The van der Waals surface area contributed by atoms with E-state index in [4.69, 9.17) is 12.3 Å². The quantitative estimate of drug-likeness (QED) is 0.458. The van der Waals surface area contributed by atoms with Crippen molar-refractivity contribution < 1.29 is 12.3 Å². The van der Waals surface area contributed by atoms with Crippen molar-refractivity contribution in [3.63, 3.8) is 0 Å². The lowest BCUT2D eigenvalue weighted by Crippen LogP contribution is -2.67. The van der Waals surface area contributed by atoms with Gasteiger partial charge in [-0.25, -0.2) is 0 Å². The second-order valence-corrected chi connectivity index (χ2v) is 26.9.